The van der Waals surface area contributed by atoms with Gasteiger partial charge >= 0.3 is 5.97 Å². The minimum Gasteiger partial charge on any atom is -0.481 e. The van der Waals surface area contributed by atoms with Crippen molar-refractivity contribution in [2.75, 3.05) is 19.8 Å². The van der Waals surface area contributed by atoms with Crippen LogP contribution >= 0.6 is 0 Å². The molecule has 3 saturated heterocycles. The van der Waals surface area contributed by atoms with E-state index in [0.29, 0.717) is 25.7 Å². The highest BCUT2D eigenvalue weighted by molar-refractivity contribution is 5.76. The van der Waals surface area contributed by atoms with Crippen LogP contribution in [0.5, 0.6) is 0 Å². The first-order chi connectivity index (χ1) is 29.9. The molecule has 8 rings (SSSR count). The van der Waals surface area contributed by atoms with Gasteiger partial charge in [-0.25, -0.2) is 0 Å². The van der Waals surface area contributed by atoms with Gasteiger partial charge in [-0.05, 0) is 111 Å². The maximum atomic E-state index is 13.2. The van der Waals surface area contributed by atoms with E-state index in [1.807, 2.05) is 6.92 Å². The SMILES string of the molecule is C[C@@H]1O[C@@H](O[C@H]2[C@H](O[C@H]3CC[C@@]4(C)[C@@H](CC[C@]5(C)[C@@H]4CC=C4[C@@H]6CC(C)(C)CC[C@]6(C(=O)O)CC[C@]45C)[C@]3(C)CO)O[C@H](CO)[C@@H](O)[C@@H]2O[C@@H]2OC[C@@H](O)[C@H](O)[C@H]2O)[C@H](O)[C@H](O)[C@H]1O. The average Bonchev–Trinajstić information content (AvgIpc) is 3.24. The van der Waals surface area contributed by atoms with Crippen molar-refractivity contribution in [2.24, 2.45) is 50.2 Å². The van der Waals surface area contributed by atoms with Crippen molar-refractivity contribution >= 4 is 5.97 Å². The van der Waals surface area contributed by atoms with Crippen LogP contribution in [0, 0.1) is 50.2 Å². The van der Waals surface area contributed by atoms with Gasteiger partial charge in [0, 0.05) is 5.41 Å². The van der Waals surface area contributed by atoms with Gasteiger partial charge in [0.15, 0.2) is 18.9 Å². The number of carboxylic acids is 1. The van der Waals surface area contributed by atoms with E-state index in [1.54, 1.807) is 0 Å². The molecule has 4 saturated carbocycles. The number of aliphatic hydroxyl groups is 9. The maximum absolute atomic E-state index is 13.2. The first-order valence-electron chi connectivity index (χ1n) is 23.7. The Kier molecular flexibility index (Phi) is 13.2. The van der Waals surface area contributed by atoms with Crippen molar-refractivity contribution in [1.82, 2.24) is 0 Å². The van der Waals surface area contributed by atoms with Crippen molar-refractivity contribution in [3.05, 3.63) is 11.6 Å². The monoisotopic (exact) mass is 913 g/mol. The summed E-state index contributed by atoms with van der Waals surface area (Å²) in [6.07, 6.45) is -12.4. The van der Waals surface area contributed by atoms with Crippen molar-refractivity contribution in [3.63, 3.8) is 0 Å². The van der Waals surface area contributed by atoms with Crippen LogP contribution in [-0.4, -0.2) is 169 Å². The molecule has 0 aromatic rings. The smallest absolute Gasteiger partial charge is 0.310 e. The summed E-state index contributed by atoms with van der Waals surface area (Å²) >= 11 is 0. The summed E-state index contributed by atoms with van der Waals surface area (Å²) in [6, 6.07) is 0. The summed E-state index contributed by atoms with van der Waals surface area (Å²) in [6.45, 7) is 13.8. The zero-order valence-corrected chi connectivity index (χ0v) is 38.5. The van der Waals surface area contributed by atoms with Gasteiger partial charge in [0.2, 0.25) is 0 Å². The third kappa shape index (κ3) is 7.49. The lowest BCUT2D eigenvalue weighted by Crippen LogP contribution is -2.68. The standard InChI is InChI=1S/C47H76O17/c1-22-30(51)33(54)35(56)39(60-22)64-37-36(63-38-34(55)31(52)25(50)20-59-38)32(53)26(19-48)61-40(37)62-29-11-12-43(4)27(44(29,5)21-49)10-13-46(7)28(43)9-8-23-24-18-42(2,3)14-16-47(24,41(57)58)17-15-45(23,46)6/h8,22,24-40,48-56H,9-21H2,1-7H3,(H,57,58)/t22-,24-,25+,26+,27+,28+,29-,30-,31-,32+,33+,34+,35+,36-,37+,38-,39-,40-,43-,44-,45+,46+,47-/m0/s1. The highest BCUT2D eigenvalue weighted by Gasteiger charge is 2.70. The third-order valence-corrected chi connectivity index (χ3v) is 19.1. The minimum absolute atomic E-state index is 0.0244. The van der Waals surface area contributed by atoms with E-state index in [0.717, 1.165) is 38.5 Å². The summed E-state index contributed by atoms with van der Waals surface area (Å²) < 4.78 is 37.0. The highest BCUT2D eigenvalue weighted by atomic mass is 16.8. The van der Waals surface area contributed by atoms with Crippen molar-refractivity contribution < 1.29 is 84.3 Å². The van der Waals surface area contributed by atoms with E-state index in [-0.39, 0.29) is 46.0 Å². The van der Waals surface area contributed by atoms with Crippen molar-refractivity contribution in [3.8, 4) is 0 Å². The number of ether oxygens (including phenoxy) is 6. The van der Waals surface area contributed by atoms with Crippen LogP contribution in [-0.2, 0) is 33.2 Å². The molecule has 0 spiro atoms. The molecule has 7 fully saturated rings. The van der Waals surface area contributed by atoms with Gasteiger partial charge in [-0.15, -0.1) is 0 Å². The third-order valence-electron chi connectivity index (χ3n) is 19.1. The molecule has 0 radical (unpaired) electrons. The average molecular weight is 913 g/mol. The van der Waals surface area contributed by atoms with Gasteiger partial charge < -0.3 is 79.5 Å². The predicted octanol–water partition coefficient (Wildman–Crippen LogP) is 1.35. The number of aliphatic carboxylic acids is 1. The molecule has 17 heteroatoms. The summed E-state index contributed by atoms with van der Waals surface area (Å²) in [5, 5.41) is 108. The molecule has 0 bridgehead atoms. The number of aliphatic hydroxyl groups excluding tert-OH is 9. The van der Waals surface area contributed by atoms with Crippen LogP contribution in [0.3, 0.4) is 0 Å². The molecule has 366 valence electrons. The number of carbonyl (C=O) groups is 1. The quantitative estimate of drug-likeness (QED) is 0.116. The summed E-state index contributed by atoms with van der Waals surface area (Å²) in [5.41, 5.74) is -0.877. The summed E-state index contributed by atoms with van der Waals surface area (Å²) in [5.74, 6) is -0.533. The Bertz CT molecular complexity index is 1750. The van der Waals surface area contributed by atoms with Gasteiger partial charge in [-0.3, -0.25) is 4.79 Å². The number of rotatable bonds is 9. The van der Waals surface area contributed by atoms with Crippen LogP contribution < -0.4 is 0 Å². The first kappa shape index (κ1) is 49.0. The van der Waals surface area contributed by atoms with Gasteiger partial charge in [0.05, 0.1) is 37.4 Å². The van der Waals surface area contributed by atoms with Crippen LogP contribution in [0.2, 0.25) is 0 Å². The van der Waals surface area contributed by atoms with E-state index in [1.165, 1.54) is 12.5 Å². The Morgan fingerprint density at radius 2 is 1.39 bits per heavy atom. The van der Waals surface area contributed by atoms with Crippen LogP contribution in [0.15, 0.2) is 11.6 Å². The van der Waals surface area contributed by atoms with Crippen LogP contribution in [0.4, 0.5) is 0 Å². The fraction of sp³-hybridized carbons (Fsp3) is 0.936. The molecule has 0 unspecified atom stereocenters. The van der Waals surface area contributed by atoms with Crippen LogP contribution in [0.1, 0.15) is 113 Å². The fourth-order valence-corrected chi connectivity index (χ4v) is 14.8. The van der Waals surface area contributed by atoms with Gasteiger partial charge in [-0.1, -0.05) is 53.2 Å². The molecule has 8 aliphatic rings. The van der Waals surface area contributed by atoms with E-state index in [4.69, 9.17) is 28.4 Å². The van der Waals surface area contributed by atoms with Gasteiger partial charge in [-0.2, -0.15) is 0 Å². The van der Waals surface area contributed by atoms with E-state index < -0.39 is 122 Å². The molecule has 3 heterocycles. The number of allylic oxidation sites excluding steroid dienone is 2. The Balaban J connectivity index is 1.10. The number of hydrogen-bond acceptors (Lipinski definition) is 16. The molecular formula is C47H76O17. The van der Waals surface area contributed by atoms with E-state index in [2.05, 4.69) is 40.7 Å². The number of hydrogen-bond donors (Lipinski definition) is 10. The summed E-state index contributed by atoms with van der Waals surface area (Å²) in [7, 11) is 0. The Hall–Kier alpha value is -1.39. The van der Waals surface area contributed by atoms with E-state index in [9.17, 15) is 55.9 Å². The predicted molar refractivity (Wildman–Crippen MR) is 225 cm³/mol. The lowest BCUT2D eigenvalue weighted by Gasteiger charge is -2.71. The molecule has 0 aromatic heterocycles. The lowest BCUT2D eigenvalue weighted by atomic mass is 9.33. The Morgan fingerprint density at radius 1 is 0.719 bits per heavy atom. The summed E-state index contributed by atoms with van der Waals surface area (Å²) in [4.78, 5) is 13.2. The normalized spacial score (nSPS) is 55.0. The highest BCUT2D eigenvalue weighted by Crippen LogP contribution is 2.76. The second-order valence-corrected chi connectivity index (χ2v) is 22.9. The molecule has 23 atom stereocenters. The zero-order chi connectivity index (χ0) is 46.7. The largest absolute Gasteiger partial charge is 0.481 e. The molecular weight excluding hydrogens is 837 g/mol. The Labute approximate surface area is 376 Å². The Morgan fingerprint density at radius 3 is 2.06 bits per heavy atom. The second kappa shape index (κ2) is 17.2. The van der Waals surface area contributed by atoms with E-state index >= 15 is 0 Å². The number of fused-ring (bicyclic) bond motifs is 7. The molecule has 10 N–H and O–H groups in total. The van der Waals surface area contributed by atoms with Crippen molar-refractivity contribution in [2.45, 2.75) is 205 Å². The lowest BCUT2D eigenvalue weighted by molar-refractivity contribution is -0.395. The minimum atomic E-state index is -1.79. The molecule has 0 amide bonds. The molecule has 0 aromatic carbocycles. The van der Waals surface area contributed by atoms with Gasteiger partial charge in [0.1, 0.15) is 61.0 Å². The first-order valence-corrected chi connectivity index (χ1v) is 23.7. The number of carboxylic acid groups (broad SMARTS) is 1. The van der Waals surface area contributed by atoms with Gasteiger partial charge in [0.25, 0.3) is 0 Å². The fourth-order valence-electron chi connectivity index (χ4n) is 14.8. The molecule has 17 nitrogen and oxygen atoms in total. The van der Waals surface area contributed by atoms with Crippen LogP contribution in [0.25, 0.3) is 0 Å². The van der Waals surface area contributed by atoms with Crippen molar-refractivity contribution in [1.29, 1.82) is 0 Å². The topological polar surface area (TPSA) is 275 Å². The zero-order valence-electron chi connectivity index (χ0n) is 38.5. The maximum Gasteiger partial charge on any atom is 0.310 e. The second-order valence-electron chi connectivity index (χ2n) is 22.9. The molecule has 5 aliphatic carbocycles. The molecule has 3 aliphatic heterocycles. The molecule has 64 heavy (non-hydrogen) atoms.